The number of urea groups is 1. The molecule has 1 aliphatic rings. The highest BCUT2D eigenvalue weighted by molar-refractivity contribution is 5.94. The lowest BCUT2D eigenvalue weighted by Crippen LogP contribution is -2.35. The van der Waals surface area contributed by atoms with Crippen molar-refractivity contribution in [2.75, 3.05) is 18.4 Å². The van der Waals surface area contributed by atoms with Crippen LogP contribution in [0.4, 0.5) is 23.7 Å². The Labute approximate surface area is 152 Å². The fourth-order valence-electron chi connectivity index (χ4n) is 3.21. The summed E-state index contributed by atoms with van der Waals surface area (Å²) >= 11 is 0. The van der Waals surface area contributed by atoms with Crippen molar-refractivity contribution in [1.29, 1.82) is 0 Å². The van der Waals surface area contributed by atoms with Gasteiger partial charge in [0.2, 0.25) is 0 Å². The summed E-state index contributed by atoms with van der Waals surface area (Å²) in [6.07, 6.45) is -3.30. The molecule has 2 aromatic rings. The molecule has 2 N–H and O–H groups in total. The molecule has 1 fully saturated rings. The van der Waals surface area contributed by atoms with Gasteiger partial charge >= 0.3 is 18.2 Å². The van der Waals surface area contributed by atoms with E-state index in [0.29, 0.717) is 11.4 Å². The maximum Gasteiger partial charge on any atom is 0.394 e. The Hall–Kier alpha value is -3.04. The molecule has 0 aliphatic carbocycles. The minimum absolute atomic E-state index is 0.330. The van der Waals surface area contributed by atoms with E-state index in [4.69, 9.17) is 5.11 Å². The Kier molecular flexibility index (Phi) is 4.81. The second-order valence-corrected chi connectivity index (χ2v) is 6.32. The summed E-state index contributed by atoms with van der Waals surface area (Å²) < 4.78 is 40.8. The minimum Gasteiger partial charge on any atom is -0.481 e. The standard InChI is InChI=1S/C17H17F3N4O3/c1-23-14(10-5-3-2-4-6-10)13(7-21-23)22-16(27)24-8-11(15(25)26)12(9-24)17(18,19)20/h2-7,11-12H,8-9H2,1H3,(H,22,27)(H,25,26)/t11-,12-/m1/s1. The predicted octanol–water partition coefficient (Wildman–Crippen LogP) is 2.81. The molecule has 7 nitrogen and oxygen atoms in total. The minimum atomic E-state index is -4.69. The SMILES string of the molecule is Cn1ncc(NC(=O)N2C[C@@H](C(F)(F)F)[C@H](C(=O)O)C2)c1-c1ccccc1. The summed E-state index contributed by atoms with van der Waals surface area (Å²) in [6.45, 7) is -1.21. The highest BCUT2D eigenvalue weighted by atomic mass is 19.4. The molecule has 0 bridgehead atoms. The molecule has 1 aromatic carbocycles. The number of aromatic nitrogens is 2. The molecule has 3 rings (SSSR count). The number of hydrogen-bond donors (Lipinski definition) is 2. The van der Waals surface area contributed by atoms with Gasteiger partial charge in [-0.25, -0.2) is 4.79 Å². The van der Waals surface area contributed by atoms with Gasteiger partial charge in [-0.3, -0.25) is 9.48 Å². The normalized spacial score (nSPS) is 19.9. The number of likely N-dealkylation sites (tertiary alicyclic amines) is 1. The zero-order valence-electron chi connectivity index (χ0n) is 14.3. The molecule has 10 heteroatoms. The maximum absolute atomic E-state index is 13.1. The summed E-state index contributed by atoms with van der Waals surface area (Å²) in [4.78, 5) is 24.5. The van der Waals surface area contributed by atoms with E-state index in [0.717, 1.165) is 10.5 Å². The number of aliphatic carboxylic acids is 1. The number of anilines is 1. The van der Waals surface area contributed by atoms with E-state index < -0.39 is 43.1 Å². The smallest absolute Gasteiger partial charge is 0.394 e. The van der Waals surface area contributed by atoms with Crippen molar-refractivity contribution in [1.82, 2.24) is 14.7 Å². The Morgan fingerprint density at radius 3 is 2.44 bits per heavy atom. The van der Waals surface area contributed by atoms with Crippen LogP contribution >= 0.6 is 0 Å². The van der Waals surface area contributed by atoms with E-state index in [1.54, 1.807) is 19.2 Å². The molecular formula is C17H17F3N4O3. The highest BCUT2D eigenvalue weighted by Crippen LogP contribution is 2.38. The summed E-state index contributed by atoms with van der Waals surface area (Å²) in [5.74, 6) is -5.35. The van der Waals surface area contributed by atoms with E-state index in [-0.39, 0.29) is 0 Å². The van der Waals surface area contributed by atoms with Gasteiger partial charge in [0.15, 0.2) is 0 Å². The number of benzene rings is 1. The van der Waals surface area contributed by atoms with Crippen molar-refractivity contribution in [3.05, 3.63) is 36.5 Å². The molecule has 27 heavy (non-hydrogen) atoms. The van der Waals surface area contributed by atoms with Gasteiger partial charge in [-0.1, -0.05) is 30.3 Å². The van der Waals surface area contributed by atoms with Crippen molar-refractivity contribution in [2.45, 2.75) is 6.18 Å². The fourth-order valence-corrected chi connectivity index (χ4v) is 3.21. The molecule has 1 saturated heterocycles. The molecule has 2 amide bonds. The van der Waals surface area contributed by atoms with Gasteiger partial charge in [-0.15, -0.1) is 0 Å². The van der Waals surface area contributed by atoms with Crippen LogP contribution in [0.1, 0.15) is 0 Å². The zero-order valence-corrected chi connectivity index (χ0v) is 14.3. The number of alkyl halides is 3. The number of carboxylic acids is 1. The third kappa shape index (κ3) is 3.74. The largest absolute Gasteiger partial charge is 0.481 e. The summed E-state index contributed by atoms with van der Waals surface area (Å²) in [5, 5.41) is 15.7. The Morgan fingerprint density at radius 1 is 1.22 bits per heavy atom. The van der Waals surface area contributed by atoms with Crippen molar-refractivity contribution in [3.63, 3.8) is 0 Å². The monoisotopic (exact) mass is 382 g/mol. The first kappa shape index (κ1) is 18.7. The first-order chi connectivity index (χ1) is 12.7. The van der Waals surface area contributed by atoms with Crippen LogP contribution in [0.5, 0.6) is 0 Å². The van der Waals surface area contributed by atoms with E-state index in [2.05, 4.69) is 10.4 Å². The summed E-state index contributed by atoms with van der Waals surface area (Å²) in [6, 6.07) is 8.26. The van der Waals surface area contributed by atoms with E-state index in [1.807, 2.05) is 18.2 Å². The van der Waals surface area contributed by atoms with Gasteiger partial charge in [0.25, 0.3) is 0 Å². The molecule has 0 radical (unpaired) electrons. The summed E-state index contributed by atoms with van der Waals surface area (Å²) in [5.41, 5.74) is 1.69. The van der Waals surface area contributed by atoms with Crippen LogP contribution in [0, 0.1) is 11.8 Å². The first-order valence-corrected chi connectivity index (χ1v) is 8.11. The van der Waals surface area contributed by atoms with Crippen molar-refractivity contribution < 1.29 is 27.9 Å². The Balaban J connectivity index is 1.80. The zero-order chi connectivity index (χ0) is 19.8. The van der Waals surface area contributed by atoms with Crippen LogP contribution in [0.2, 0.25) is 0 Å². The number of rotatable bonds is 3. The van der Waals surface area contributed by atoms with Crippen LogP contribution < -0.4 is 5.32 Å². The third-order valence-electron chi connectivity index (χ3n) is 4.57. The number of carbonyl (C=O) groups excluding carboxylic acids is 1. The summed E-state index contributed by atoms with van der Waals surface area (Å²) in [7, 11) is 1.67. The number of nitrogens with one attached hydrogen (secondary N) is 1. The number of nitrogens with zero attached hydrogens (tertiary/aromatic N) is 3. The average molecular weight is 382 g/mol. The highest BCUT2D eigenvalue weighted by Gasteiger charge is 2.53. The van der Waals surface area contributed by atoms with Gasteiger partial charge in [-0.05, 0) is 0 Å². The lowest BCUT2D eigenvalue weighted by atomic mass is 9.96. The molecule has 0 unspecified atom stereocenters. The number of hydrogen-bond acceptors (Lipinski definition) is 3. The molecule has 0 saturated carbocycles. The van der Waals surface area contributed by atoms with Crippen LogP contribution in [-0.2, 0) is 11.8 Å². The van der Waals surface area contributed by atoms with Crippen molar-refractivity contribution in [3.8, 4) is 11.3 Å². The second kappa shape index (κ2) is 6.93. The molecule has 2 heterocycles. The van der Waals surface area contributed by atoms with Crippen molar-refractivity contribution in [2.24, 2.45) is 18.9 Å². The molecule has 1 aliphatic heterocycles. The van der Waals surface area contributed by atoms with Crippen LogP contribution in [-0.4, -0.2) is 51.1 Å². The fraction of sp³-hybridized carbons (Fsp3) is 0.353. The molecule has 0 spiro atoms. The number of halogens is 3. The average Bonchev–Trinajstić information content (AvgIpc) is 3.20. The van der Waals surface area contributed by atoms with Crippen LogP contribution in [0.3, 0.4) is 0 Å². The van der Waals surface area contributed by atoms with E-state index >= 15 is 0 Å². The second-order valence-electron chi connectivity index (χ2n) is 6.32. The van der Waals surface area contributed by atoms with Crippen LogP contribution in [0.25, 0.3) is 11.3 Å². The third-order valence-corrected chi connectivity index (χ3v) is 4.57. The van der Waals surface area contributed by atoms with Gasteiger partial charge in [-0.2, -0.15) is 18.3 Å². The number of carbonyl (C=O) groups is 2. The topological polar surface area (TPSA) is 87.5 Å². The lowest BCUT2D eigenvalue weighted by molar-refractivity contribution is -0.187. The Bertz CT molecular complexity index is 851. The number of amides is 2. The first-order valence-electron chi connectivity index (χ1n) is 8.11. The molecule has 2 atom stereocenters. The van der Waals surface area contributed by atoms with E-state index in [1.165, 1.54) is 10.9 Å². The number of carboxylic acid groups (broad SMARTS) is 1. The van der Waals surface area contributed by atoms with E-state index in [9.17, 15) is 22.8 Å². The maximum atomic E-state index is 13.1. The number of aryl methyl sites for hydroxylation is 1. The van der Waals surface area contributed by atoms with Gasteiger partial charge in [0.05, 0.1) is 29.4 Å². The van der Waals surface area contributed by atoms with Crippen LogP contribution in [0.15, 0.2) is 36.5 Å². The lowest BCUT2D eigenvalue weighted by Gasteiger charge is -2.19. The predicted molar refractivity (Wildman–Crippen MR) is 89.9 cm³/mol. The Morgan fingerprint density at radius 2 is 1.89 bits per heavy atom. The van der Waals surface area contributed by atoms with Gasteiger partial charge in [0, 0.05) is 25.7 Å². The molecule has 1 aromatic heterocycles. The molecule has 144 valence electrons. The van der Waals surface area contributed by atoms with Crippen molar-refractivity contribution >= 4 is 17.7 Å². The molecular weight excluding hydrogens is 365 g/mol. The van der Waals surface area contributed by atoms with Gasteiger partial charge in [0.1, 0.15) is 0 Å². The van der Waals surface area contributed by atoms with Gasteiger partial charge < -0.3 is 15.3 Å². The quantitative estimate of drug-likeness (QED) is 0.855.